The average molecular weight is 220 g/mol. The van der Waals surface area contributed by atoms with Crippen LogP contribution < -0.4 is 0 Å². The lowest BCUT2D eigenvalue weighted by atomic mass is 10.3. The molecule has 0 radical (unpaired) electrons. The van der Waals surface area contributed by atoms with Crippen molar-refractivity contribution in [2.75, 3.05) is 7.11 Å². The Labute approximate surface area is 90.6 Å². The molecule has 0 aliphatic carbocycles. The Morgan fingerprint density at radius 3 is 2.80 bits per heavy atom. The van der Waals surface area contributed by atoms with Crippen LogP contribution in [0.5, 0.6) is 0 Å². The lowest BCUT2D eigenvalue weighted by Crippen LogP contribution is -2.00. The van der Waals surface area contributed by atoms with E-state index in [1.165, 1.54) is 18.4 Å². The van der Waals surface area contributed by atoms with Crippen molar-refractivity contribution in [3.63, 3.8) is 0 Å². The van der Waals surface area contributed by atoms with Crippen LogP contribution in [0.15, 0.2) is 29.9 Å². The van der Waals surface area contributed by atoms with Crippen LogP contribution in [0.25, 0.3) is 10.6 Å². The standard InChI is InChI=1S/C10H8N2O2S/c1-14-10(13)8-6-15-9(12-8)7-2-4-11-5-3-7/h2-6H,1H3. The molecule has 0 atom stereocenters. The fraction of sp³-hybridized carbons (Fsp3) is 0.100. The van der Waals surface area contributed by atoms with Gasteiger partial charge in [0.25, 0.3) is 0 Å². The average Bonchev–Trinajstić information content (AvgIpc) is 2.78. The van der Waals surface area contributed by atoms with E-state index >= 15 is 0 Å². The summed E-state index contributed by atoms with van der Waals surface area (Å²) in [6.07, 6.45) is 3.38. The second-order valence-corrected chi connectivity index (χ2v) is 3.62. The van der Waals surface area contributed by atoms with Crippen LogP contribution in [0.3, 0.4) is 0 Å². The lowest BCUT2D eigenvalue weighted by molar-refractivity contribution is 0.0595. The zero-order chi connectivity index (χ0) is 10.7. The molecule has 76 valence electrons. The molecule has 0 saturated heterocycles. The van der Waals surface area contributed by atoms with Crippen LogP contribution in [0.1, 0.15) is 10.5 Å². The van der Waals surface area contributed by atoms with Gasteiger partial charge in [0.1, 0.15) is 5.01 Å². The predicted molar refractivity (Wildman–Crippen MR) is 56.7 cm³/mol. The van der Waals surface area contributed by atoms with Crippen molar-refractivity contribution in [3.05, 3.63) is 35.6 Å². The zero-order valence-corrected chi connectivity index (χ0v) is 8.82. The molecule has 15 heavy (non-hydrogen) atoms. The number of esters is 1. The summed E-state index contributed by atoms with van der Waals surface area (Å²) < 4.78 is 4.58. The topological polar surface area (TPSA) is 52.1 Å². The highest BCUT2D eigenvalue weighted by Crippen LogP contribution is 2.22. The van der Waals surface area contributed by atoms with Crippen LogP contribution in [0.2, 0.25) is 0 Å². The molecular formula is C10H8N2O2S. The van der Waals surface area contributed by atoms with Crippen molar-refractivity contribution >= 4 is 17.3 Å². The Hall–Kier alpha value is -1.75. The Morgan fingerprint density at radius 1 is 1.40 bits per heavy atom. The lowest BCUT2D eigenvalue weighted by Gasteiger charge is -1.93. The fourth-order valence-electron chi connectivity index (χ4n) is 1.10. The first kappa shape index (κ1) is 9.79. The van der Waals surface area contributed by atoms with Gasteiger partial charge >= 0.3 is 5.97 Å². The van der Waals surface area contributed by atoms with Crippen molar-refractivity contribution < 1.29 is 9.53 Å². The van der Waals surface area contributed by atoms with Gasteiger partial charge < -0.3 is 4.74 Å². The third kappa shape index (κ3) is 2.02. The number of carbonyl (C=O) groups is 1. The highest BCUT2D eigenvalue weighted by Gasteiger charge is 2.11. The Morgan fingerprint density at radius 2 is 2.13 bits per heavy atom. The molecule has 0 aliphatic rings. The number of hydrogen-bond acceptors (Lipinski definition) is 5. The van der Waals surface area contributed by atoms with E-state index in [2.05, 4.69) is 14.7 Å². The summed E-state index contributed by atoms with van der Waals surface area (Å²) in [7, 11) is 1.34. The van der Waals surface area contributed by atoms with Gasteiger partial charge in [0.2, 0.25) is 0 Å². The number of pyridine rings is 1. The number of hydrogen-bond donors (Lipinski definition) is 0. The molecule has 2 aromatic rings. The Bertz CT molecular complexity index is 467. The summed E-state index contributed by atoms with van der Waals surface area (Å²) in [6, 6.07) is 3.69. The molecular weight excluding hydrogens is 212 g/mol. The number of methoxy groups -OCH3 is 1. The van der Waals surface area contributed by atoms with Crippen LogP contribution >= 0.6 is 11.3 Å². The van der Waals surface area contributed by atoms with E-state index < -0.39 is 5.97 Å². The summed E-state index contributed by atoms with van der Waals surface area (Å²) in [5.74, 6) is -0.411. The minimum absolute atomic E-state index is 0.342. The van der Waals surface area contributed by atoms with E-state index in [0.717, 1.165) is 10.6 Å². The molecule has 2 heterocycles. The Kier molecular flexibility index (Phi) is 2.73. The quantitative estimate of drug-likeness (QED) is 0.726. The maximum Gasteiger partial charge on any atom is 0.357 e. The fourth-order valence-corrected chi connectivity index (χ4v) is 1.89. The molecule has 0 aromatic carbocycles. The number of thiazole rings is 1. The van der Waals surface area contributed by atoms with Crippen molar-refractivity contribution in [1.29, 1.82) is 0 Å². The number of aromatic nitrogens is 2. The van der Waals surface area contributed by atoms with E-state index in [1.54, 1.807) is 17.8 Å². The second-order valence-electron chi connectivity index (χ2n) is 2.77. The van der Waals surface area contributed by atoms with E-state index in [-0.39, 0.29) is 0 Å². The van der Waals surface area contributed by atoms with E-state index in [0.29, 0.717) is 5.69 Å². The van der Waals surface area contributed by atoms with Gasteiger partial charge in [0.05, 0.1) is 7.11 Å². The van der Waals surface area contributed by atoms with Crippen LogP contribution in [-0.4, -0.2) is 23.0 Å². The van der Waals surface area contributed by atoms with E-state index in [4.69, 9.17) is 0 Å². The molecule has 2 rings (SSSR count). The molecule has 0 unspecified atom stereocenters. The maximum absolute atomic E-state index is 11.2. The van der Waals surface area contributed by atoms with Gasteiger partial charge in [-0.25, -0.2) is 9.78 Å². The molecule has 0 saturated carbocycles. The third-order valence-corrected chi connectivity index (χ3v) is 2.72. The molecule has 4 nitrogen and oxygen atoms in total. The van der Waals surface area contributed by atoms with Crippen LogP contribution in [0, 0.1) is 0 Å². The van der Waals surface area contributed by atoms with Gasteiger partial charge in [-0.1, -0.05) is 0 Å². The van der Waals surface area contributed by atoms with Gasteiger partial charge in [-0.2, -0.15) is 0 Å². The van der Waals surface area contributed by atoms with Gasteiger partial charge in [0.15, 0.2) is 5.69 Å². The van der Waals surface area contributed by atoms with Crippen LogP contribution in [-0.2, 0) is 4.74 Å². The monoisotopic (exact) mass is 220 g/mol. The molecule has 0 bridgehead atoms. The summed E-state index contributed by atoms with van der Waals surface area (Å²) >= 11 is 1.41. The van der Waals surface area contributed by atoms with Crippen molar-refractivity contribution in [2.24, 2.45) is 0 Å². The Balaban J connectivity index is 2.32. The van der Waals surface area contributed by atoms with Gasteiger partial charge in [-0.15, -0.1) is 11.3 Å². The number of rotatable bonds is 2. The van der Waals surface area contributed by atoms with Crippen molar-refractivity contribution in [3.8, 4) is 10.6 Å². The number of carbonyl (C=O) groups excluding carboxylic acids is 1. The van der Waals surface area contributed by atoms with Crippen molar-refractivity contribution in [2.45, 2.75) is 0 Å². The molecule has 0 spiro atoms. The SMILES string of the molecule is COC(=O)c1csc(-c2ccncc2)n1. The third-order valence-electron chi connectivity index (χ3n) is 1.83. The smallest absolute Gasteiger partial charge is 0.357 e. The van der Waals surface area contributed by atoms with Gasteiger partial charge in [-0.05, 0) is 12.1 Å². The highest BCUT2D eigenvalue weighted by atomic mass is 32.1. The summed E-state index contributed by atoms with van der Waals surface area (Å²) in [5.41, 5.74) is 1.29. The largest absolute Gasteiger partial charge is 0.464 e. The predicted octanol–water partition coefficient (Wildman–Crippen LogP) is 1.99. The zero-order valence-electron chi connectivity index (χ0n) is 8.01. The molecule has 0 fully saturated rings. The highest BCUT2D eigenvalue weighted by molar-refractivity contribution is 7.13. The first-order valence-corrected chi connectivity index (χ1v) is 5.13. The summed E-state index contributed by atoms with van der Waals surface area (Å²) in [4.78, 5) is 19.2. The van der Waals surface area contributed by atoms with Crippen LogP contribution in [0.4, 0.5) is 0 Å². The molecule has 2 aromatic heterocycles. The molecule has 5 heteroatoms. The minimum atomic E-state index is -0.411. The molecule has 0 amide bonds. The van der Waals surface area contributed by atoms with E-state index in [1.807, 2.05) is 12.1 Å². The van der Waals surface area contributed by atoms with Gasteiger partial charge in [-0.3, -0.25) is 4.98 Å². The first-order chi connectivity index (χ1) is 7.31. The second kappa shape index (κ2) is 4.18. The molecule has 0 aliphatic heterocycles. The van der Waals surface area contributed by atoms with E-state index in [9.17, 15) is 4.79 Å². The normalized spacial score (nSPS) is 9.93. The molecule has 0 N–H and O–H groups in total. The minimum Gasteiger partial charge on any atom is -0.464 e. The summed E-state index contributed by atoms with van der Waals surface area (Å²) in [6.45, 7) is 0. The maximum atomic E-state index is 11.2. The number of nitrogens with zero attached hydrogens (tertiary/aromatic N) is 2. The first-order valence-electron chi connectivity index (χ1n) is 4.25. The van der Waals surface area contributed by atoms with Gasteiger partial charge in [0, 0.05) is 23.3 Å². The summed E-state index contributed by atoms with van der Waals surface area (Å²) in [5, 5.41) is 2.47. The van der Waals surface area contributed by atoms with Crippen molar-refractivity contribution in [1.82, 2.24) is 9.97 Å². The number of ether oxygens (including phenoxy) is 1.